The molecular formula is C12H12IN3O. The Labute approximate surface area is 113 Å². The molecule has 2 aromatic rings. The first kappa shape index (κ1) is 12.1. The molecule has 1 aromatic heterocycles. The SMILES string of the molecule is Cc1ccc(Nc2nc[nH]c(=O)c2I)c(C)c1. The van der Waals surface area contributed by atoms with Gasteiger partial charge in [-0.25, -0.2) is 4.98 Å². The molecule has 0 unspecified atom stereocenters. The van der Waals surface area contributed by atoms with Crippen LogP contribution in [0.2, 0.25) is 0 Å². The van der Waals surface area contributed by atoms with Crippen molar-refractivity contribution in [3.8, 4) is 0 Å². The van der Waals surface area contributed by atoms with E-state index in [0.29, 0.717) is 9.39 Å². The summed E-state index contributed by atoms with van der Waals surface area (Å²) in [6, 6.07) is 6.10. The summed E-state index contributed by atoms with van der Waals surface area (Å²) < 4.78 is 0.560. The molecule has 0 spiro atoms. The number of anilines is 2. The van der Waals surface area contributed by atoms with Gasteiger partial charge in [-0.1, -0.05) is 17.7 Å². The summed E-state index contributed by atoms with van der Waals surface area (Å²) >= 11 is 1.98. The number of halogens is 1. The molecule has 17 heavy (non-hydrogen) atoms. The Morgan fingerprint density at radius 2 is 2.12 bits per heavy atom. The van der Waals surface area contributed by atoms with Crippen LogP contribution in [0.15, 0.2) is 29.3 Å². The topological polar surface area (TPSA) is 57.8 Å². The van der Waals surface area contributed by atoms with Gasteiger partial charge in [-0.15, -0.1) is 0 Å². The molecule has 4 nitrogen and oxygen atoms in total. The smallest absolute Gasteiger partial charge is 0.266 e. The van der Waals surface area contributed by atoms with Crippen molar-refractivity contribution in [3.05, 3.63) is 49.6 Å². The summed E-state index contributed by atoms with van der Waals surface area (Å²) in [6.45, 7) is 4.07. The second-order valence-electron chi connectivity index (χ2n) is 3.84. The summed E-state index contributed by atoms with van der Waals surface area (Å²) in [5, 5.41) is 3.17. The molecule has 1 aromatic carbocycles. The van der Waals surface area contributed by atoms with Gasteiger partial charge in [0, 0.05) is 5.69 Å². The van der Waals surface area contributed by atoms with E-state index in [1.54, 1.807) is 0 Å². The molecule has 2 rings (SSSR count). The molecule has 5 heteroatoms. The Hall–Kier alpha value is -1.37. The number of nitrogens with zero attached hydrogens (tertiary/aromatic N) is 1. The quantitative estimate of drug-likeness (QED) is 0.826. The number of aryl methyl sites for hydroxylation is 2. The molecule has 0 atom stereocenters. The number of nitrogens with one attached hydrogen (secondary N) is 2. The molecule has 0 fully saturated rings. The zero-order chi connectivity index (χ0) is 12.4. The maximum atomic E-state index is 11.4. The molecule has 0 aliphatic carbocycles. The first-order chi connectivity index (χ1) is 8.08. The van der Waals surface area contributed by atoms with Crippen molar-refractivity contribution in [2.24, 2.45) is 0 Å². The van der Waals surface area contributed by atoms with Crippen LogP contribution in [0.4, 0.5) is 11.5 Å². The van der Waals surface area contributed by atoms with Crippen LogP contribution < -0.4 is 10.9 Å². The van der Waals surface area contributed by atoms with E-state index in [9.17, 15) is 4.79 Å². The van der Waals surface area contributed by atoms with E-state index in [0.717, 1.165) is 11.3 Å². The maximum absolute atomic E-state index is 11.4. The number of hydrogen-bond acceptors (Lipinski definition) is 3. The average molecular weight is 341 g/mol. The number of aromatic nitrogens is 2. The Bertz CT molecular complexity index is 607. The van der Waals surface area contributed by atoms with Crippen LogP contribution >= 0.6 is 22.6 Å². The fraction of sp³-hybridized carbons (Fsp3) is 0.167. The van der Waals surface area contributed by atoms with Crippen molar-refractivity contribution >= 4 is 34.1 Å². The minimum Gasteiger partial charge on any atom is -0.339 e. The van der Waals surface area contributed by atoms with Crippen LogP contribution in [0.25, 0.3) is 0 Å². The third-order valence-corrected chi connectivity index (χ3v) is 3.43. The van der Waals surface area contributed by atoms with E-state index in [1.807, 2.05) is 48.6 Å². The molecular weight excluding hydrogens is 329 g/mol. The van der Waals surface area contributed by atoms with Gasteiger partial charge < -0.3 is 10.3 Å². The van der Waals surface area contributed by atoms with Crippen molar-refractivity contribution in [2.45, 2.75) is 13.8 Å². The number of rotatable bonds is 2. The predicted octanol–water partition coefficient (Wildman–Crippen LogP) is 2.73. The van der Waals surface area contributed by atoms with Gasteiger partial charge in [0.15, 0.2) is 5.82 Å². The minimum absolute atomic E-state index is 0.132. The molecule has 1 heterocycles. The summed E-state index contributed by atoms with van der Waals surface area (Å²) in [6.07, 6.45) is 1.40. The second kappa shape index (κ2) is 4.87. The summed E-state index contributed by atoms with van der Waals surface area (Å²) in [4.78, 5) is 18.1. The van der Waals surface area contributed by atoms with Gasteiger partial charge in [0.2, 0.25) is 0 Å². The number of benzene rings is 1. The number of H-pyrrole nitrogens is 1. The Morgan fingerprint density at radius 3 is 2.82 bits per heavy atom. The van der Waals surface area contributed by atoms with Gasteiger partial charge in [0.05, 0.1) is 6.33 Å². The van der Waals surface area contributed by atoms with Crippen LogP contribution in [0.5, 0.6) is 0 Å². The van der Waals surface area contributed by atoms with Crippen LogP contribution in [0.1, 0.15) is 11.1 Å². The highest BCUT2D eigenvalue weighted by Gasteiger charge is 2.06. The molecule has 0 radical (unpaired) electrons. The lowest BCUT2D eigenvalue weighted by Gasteiger charge is -2.10. The molecule has 2 N–H and O–H groups in total. The van der Waals surface area contributed by atoms with Gasteiger partial charge in [-0.3, -0.25) is 4.79 Å². The van der Waals surface area contributed by atoms with Crippen molar-refractivity contribution in [2.75, 3.05) is 5.32 Å². The normalized spacial score (nSPS) is 10.3. The lowest BCUT2D eigenvalue weighted by Crippen LogP contribution is -2.13. The zero-order valence-electron chi connectivity index (χ0n) is 9.54. The highest BCUT2D eigenvalue weighted by atomic mass is 127. The average Bonchev–Trinajstić information content (AvgIpc) is 2.28. The van der Waals surface area contributed by atoms with Gasteiger partial charge in [0.1, 0.15) is 3.57 Å². The summed E-state index contributed by atoms with van der Waals surface area (Å²) in [5.41, 5.74) is 3.17. The van der Waals surface area contributed by atoms with E-state index in [2.05, 4.69) is 21.4 Å². The standard InChI is InChI=1S/C12H12IN3O/c1-7-3-4-9(8(2)5-7)16-11-10(13)12(17)15-6-14-11/h3-6H,1-2H3,(H2,14,15,16,17). The Kier molecular flexibility index (Phi) is 3.46. The first-order valence-electron chi connectivity index (χ1n) is 5.15. The maximum Gasteiger partial charge on any atom is 0.266 e. The summed E-state index contributed by atoms with van der Waals surface area (Å²) in [5.74, 6) is 0.585. The first-order valence-corrected chi connectivity index (χ1v) is 6.23. The molecule has 0 aliphatic heterocycles. The lowest BCUT2D eigenvalue weighted by molar-refractivity contribution is 1.10. The van der Waals surface area contributed by atoms with Gasteiger partial charge in [-0.2, -0.15) is 0 Å². The minimum atomic E-state index is -0.132. The molecule has 0 amide bonds. The molecule has 0 saturated carbocycles. The van der Waals surface area contributed by atoms with E-state index < -0.39 is 0 Å². The van der Waals surface area contributed by atoms with Crippen LogP contribution in [-0.2, 0) is 0 Å². The molecule has 0 saturated heterocycles. The molecule has 0 bridgehead atoms. The molecule has 88 valence electrons. The predicted molar refractivity (Wildman–Crippen MR) is 76.8 cm³/mol. The Balaban J connectivity index is 2.38. The number of hydrogen-bond donors (Lipinski definition) is 2. The zero-order valence-corrected chi connectivity index (χ0v) is 11.7. The van der Waals surface area contributed by atoms with E-state index in [1.165, 1.54) is 11.9 Å². The molecule has 0 aliphatic rings. The van der Waals surface area contributed by atoms with Gasteiger partial charge >= 0.3 is 0 Å². The Morgan fingerprint density at radius 1 is 1.35 bits per heavy atom. The van der Waals surface area contributed by atoms with E-state index in [-0.39, 0.29) is 5.56 Å². The van der Waals surface area contributed by atoms with Gasteiger partial charge in [-0.05, 0) is 48.1 Å². The second-order valence-corrected chi connectivity index (χ2v) is 4.92. The largest absolute Gasteiger partial charge is 0.339 e. The number of aromatic amines is 1. The van der Waals surface area contributed by atoms with Crippen LogP contribution in [0, 0.1) is 17.4 Å². The van der Waals surface area contributed by atoms with Crippen molar-refractivity contribution < 1.29 is 0 Å². The highest BCUT2D eigenvalue weighted by Crippen LogP contribution is 2.21. The lowest BCUT2D eigenvalue weighted by atomic mass is 10.1. The third-order valence-electron chi connectivity index (χ3n) is 2.43. The van der Waals surface area contributed by atoms with Gasteiger partial charge in [0.25, 0.3) is 5.56 Å². The fourth-order valence-corrected chi connectivity index (χ4v) is 1.98. The van der Waals surface area contributed by atoms with Crippen LogP contribution in [0.3, 0.4) is 0 Å². The van der Waals surface area contributed by atoms with Crippen molar-refractivity contribution in [1.82, 2.24) is 9.97 Å². The fourth-order valence-electron chi connectivity index (χ4n) is 1.55. The third kappa shape index (κ3) is 2.66. The van der Waals surface area contributed by atoms with Crippen molar-refractivity contribution in [1.29, 1.82) is 0 Å². The monoisotopic (exact) mass is 341 g/mol. The highest BCUT2D eigenvalue weighted by molar-refractivity contribution is 14.1. The van der Waals surface area contributed by atoms with E-state index in [4.69, 9.17) is 0 Å². The van der Waals surface area contributed by atoms with Crippen LogP contribution in [-0.4, -0.2) is 9.97 Å². The van der Waals surface area contributed by atoms with E-state index >= 15 is 0 Å². The summed E-state index contributed by atoms with van der Waals surface area (Å²) in [7, 11) is 0. The van der Waals surface area contributed by atoms with Crippen molar-refractivity contribution in [3.63, 3.8) is 0 Å².